The summed E-state index contributed by atoms with van der Waals surface area (Å²) in [5.74, 6) is -4.35. The van der Waals surface area contributed by atoms with Gasteiger partial charge in [-0.1, -0.05) is 27.7 Å². The number of carbonyl (C=O) groups excluding carboxylic acids is 4. The Morgan fingerprint density at radius 2 is 1.58 bits per heavy atom. The van der Waals surface area contributed by atoms with Crippen LogP contribution >= 0.6 is 0 Å². The Labute approximate surface area is 192 Å². The van der Waals surface area contributed by atoms with E-state index in [0.29, 0.717) is 5.69 Å². The molecule has 1 aromatic rings. The second-order valence-corrected chi connectivity index (χ2v) is 8.61. The molecular formula is C21H34N6O6. The van der Waals surface area contributed by atoms with Gasteiger partial charge in [-0.15, -0.1) is 0 Å². The summed E-state index contributed by atoms with van der Waals surface area (Å²) in [6, 6.07) is -4.29. The molecule has 3 amide bonds. The molecule has 1 unspecified atom stereocenters. The third-order valence-corrected chi connectivity index (χ3v) is 5.07. The minimum absolute atomic E-state index is 0.185. The fraction of sp³-hybridized carbons (Fsp3) is 0.619. The number of carboxylic acids is 1. The van der Waals surface area contributed by atoms with Crippen LogP contribution in [0.4, 0.5) is 0 Å². The quantitative estimate of drug-likeness (QED) is 0.215. The number of nitrogens with two attached hydrogens (primary N) is 1. The average Bonchev–Trinajstić information content (AvgIpc) is 3.22. The minimum atomic E-state index is -1.43. The van der Waals surface area contributed by atoms with Crippen LogP contribution in [0.2, 0.25) is 0 Å². The van der Waals surface area contributed by atoms with E-state index in [-0.39, 0.29) is 18.1 Å². The summed E-state index contributed by atoms with van der Waals surface area (Å²) in [7, 11) is 0. The molecule has 0 aliphatic rings. The van der Waals surface area contributed by atoms with E-state index in [1.807, 2.05) is 0 Å². The van der Waals surface area contributed by atoms with Gasteiger partial charge in [0.15, 0.2) is 5.78 Å². The Hall–Kier alpha value is -3.28. The van der Waals surface area contributed by atoms with Gasteiger partial charge in [0, 0.05) is 18.3 Å². The van der Waals surface area contributed by atoms with Gasteiger partial charge < -0.3 is 31.8 Å². The SMILES string of the molecule is CC(=O)[C@H](Cc1cnc[nH]1)NC(=O)C(NC(=O)[C@H](CC(=O)O)NC(=O)[C@@H](N)C(C)C)C(C)C. The molecule has 0 radical (unpaired) electrons. The topological polar surface area (TPSA) is 196 Å². The number of aromatic nitrogens is 2. The first kappa shape index (κ1) is 27.8. The van der Waals surface area contributed by atoms with Crippen LogP contribution in [0.5, 0.6) is 0 Å². The lowest BCUT2D eigenvalue weighted by Gasteiger charge is -2.27. The van der Waals surface area contributed by atoms with Crippen LogP contribution in [0.15, 0.2) is 12.5 Å². The molecule has 1 rings (SSSR count). The van der Waals surface area contributed by atoms with Crippen molar-refractivity contribution in [2.24, 2.45) is 17.6 Å². The fourth-order valence-electron chi connectivity index (χ4n) is 2.92. The number of amides is 3. The van der Waals surface area contributed by atoms with Gasteiger partial charge in [-0.05, 0) is 18.8 Å². The highest BCUT2D eigenvalue weighted by Crippen LogP contribution is 2.07. The summed E-state index contributed by atoms with van der Waals surface area (Å²) in [5, 5.41) is 16.6. The van der Waals surface area contributed by atoms with E-state index >= 15 is 0 Å². The average molecular weight is 467 g/mol. The largest absolute Gasteiger partial charge is 0.481 e. The summed E-state index contributed by atoms with van der Waals surface area (Å²) in [4.78, 5) is 68.0. The summed E-state index contributed by atoms with van der Waals surface area (Å²) in [6.45, 7) is 8.12. The number of Topliss-reactive ketones (excluding diaryl/α,β-unsaturated/α-hetero) is 1. The zero-order valence-electron chi connectivity index (χ0n) is 19.5. The Bertz CT molecular complexity index is 838. The second kappa shape index (κ2) is 12.7. The molecule has 7 N–H and O–H groups in total. The first-order valence-electron chi connectivity index (χ1n) is 10.7. The van der Waals surface area contributed by atoms with Crippen LogP contribution in [-0.4, -0.2) is 68.7 Å². The standard InChI is InChI=1S/C21H34N6O6/c1-10(2)17(22)20(32)26-15(7-16(29)30)19(31)27-18(11(3)4)21(33)25-14(12(5)28)6-13-8-23-9-24-13/h8-11,14-15,17-18H,6-7,22H2,1-5H3,(H,23,24)(H,25,33)(H,26,32)(H,27,31)(H,29,30)/t14-,15-,17-,18?/m0/s1. The minimum Gasteiger partial charge on any atom is -0.481 e. The first-order chi connectivity index (χ1) is 15.3. The third-order valence-electron chi connectivity index (χ3n) is 5.07. The van der Waals surface area contributed by atoms with Crippen molar-refractivity contribution < 1.29 is 29.1 Å². The molecule has 0 bridgehead atoms. The van der Waals surface area contributed by atoms with E-state index in [2.05, 4.69) is 25.9 Å². The maximum absolute atomic E-state index is 12.9. The number of imidazole rings is 1. The molecule has 12 heteroatoms. The van der Waals surface area contributed by atoms with Gasteiger partial charge >= 0.3 is 5.97 Å². The Balaban J connectivity index is 2.95. The molecule has 1 aromatic heterocycles. The molecule has 1 heterocycles. The number of nitrogens with zero attached hydrogens (tertiary/aromatic N) is 1. The number of H-pyrrole nitrogens is 1. The van der Waals surface area contributed by atoms with Crippen molar-refractivity contribution in [2.45, 2.75) is 71.6 Å². The zero-order chi connectivity index (χ0) is 25.3. The maximum atomic E-state index is 12.9. The lowest BCUT2D eigenvalue weighted by Crippen LogP contribution is -2.59. The smallest absolute Gasteiger partial charge is 0.305 e. The molecule has 0 aliphatic heterocycles. The number of rotatable bonds is 13. The van der Waals surface area contributed by atoms with Crippen molar-refractivity contribution in [1.82, 2.24) is 25.9 Å². The van der Waals surface area contributed by atoms with Crippen LogP contribution in [0.3, 0.4) is 0 Å². The van der Waals surface area contributed by atoms with Crippen molar-refractivity contribution in [3.05, 3.63) is 18.2 Å². The number of aromatic amines is 1. The highest BCUT2D eigenvalue weighted by atomic mass is 16.4. The molecule has 0 aliphatic carbocycles. The second-order valence-electron chi connectivity index (χ2n) is 8.61. The molecule has 0 aromatic carbocycles. The Morgan fingerprint density at radius 1 is 0.970 bits per heavy atom. The number of ketones is 1. The van der Waals surface area contributed by atoms with Crippen LogP contribution < -0.4 is 21.7 Å². The van der Waals surface area contributed by atoms with Gasteiger partial charge in [-0.25, -0.2) is 4.98 Å². The zero-order valence-corrected chi connectivity index (χ0v) is 19.5. The van der Waals surface area contributed by atoms with Crippen molar-refractivity contribution in [1.29, 1.82) is 0 Å². The summed E-state index contributed by atoms with van der Waals surface area (Å²) in [6.07, 6.45) is 2.48. The molecular weight excluding hydrogens is 432 g/mol. The number of carboxylic acid groups (broad SMARTS) is 1. The Kier molecular flexibility index (Phi) is 10.7. The van der Waals surface area contributed by atoms with E-state index in [1.54, 1.807) is 27.7 Å². The molecule has 0 saturated heterocycles. The first-order valence-corrected chi connectivity index (χ1v) is 10.7. The normalized spacial score (nSPS) is 14.8. The molecule has 0 saturated carbocycles. The van der Waals surface area contributed by atoms with Crippen LogP contribution in [0.1, 0.15) is 46.7 Å². The Morgan fingerprint density at radius 3 is 2.03 bits per heavy atom. The number of aliphatic carboxylic acids is 1. The summed E-state index contributed by atoms with van der Waals surface area (Å²) >= 11 is 0. The lowest BCUT2D eigenvalue weighted by molar-refractivity contribution is -0.141. The van der Waals surface area contributed by atoms with Crippen LogP contribution in [0, 0.1) is 11.8 Å². The van der Waals surface area contributed by atoms with Gasteiger partial charge in [-0.2, -0.15) is 0 Å². The van der Waals surface area contributed by atoms with Crippen molar-refractivity contribution >= 4 is 29.5 Å². The van der Waals surface area contributed by atoms with Gasteiger partial charge in [0.05, 0.1) is 24.8 Å². The van der Waals surface area contributed by atoms with Gasteiger partial charge in [0.1, 0.15) is 12.1 Å². The highest BCUT2D eigenvalue weighted by molar-refractivity contribution is 5.96. The van der Waals surface area contributed by atoms with E-state index in [9.17, 15) is 24.0 Å². The van der Waals surface area contributed by atoms with Gasteiger partial charge in [0.25, 0.3) is 0 Å². The maximum Gasteiger partial charge on any atom is 0.305 e. The monoisotopic (exact) mass is 466 g/mol. The van der Waals surface area contributed by atoms with E-state index < -0.39 is 60.2 Å². The van der Waals surface area contributed by atoms with Crippen molar-refractivity contribution in [2.75, 3.05) is 0 Å². The van der Waals surface area contributed by atoms with E-state index in [4.69, 9.17) is 10.8 Å². The highest BCUT2D eigenvalue weighted by Gasteiger charge is 2.32. The van der Waals surface area contributed by atoms with E-state index in [0.717, 1.165) is 0 Å². The van der Waals surface area contributed by atoms with Crippen LogP contribution in [-0.2, 0) is 30.4 Å². The predicted molar refractivity (Wildman–Crippen MR) is 119 cm³/mol. The van der Waals surface area contributed by atoms with Crippen LogP contribution in [0.25, 0.3) is 0 Å². The van der Waals surface area contributed by atoms with Gasteiger partial charge in [0.2, 0.25) is 17.7 Å². The van der Waals surface area contributed by atoms with Crippen molar-refractivity contribution in [3.63, 3.8) is 0 Å². The molecule has 0 spiro atoms. The number of carbonyl (C=O) groups is 5. The van der Waals surface area contributed by atoms with Crippen molar-refractivity contribution in [3.8, 4) is 0 Å². The number of hydrogen-bond donors (Lipinski definition) is 6. The summed E-state index contributed by atoms with van der Waals surface area (Å²) in [5.41, 5.74) is 6.43. The fourth-order valence-corrected chi connectivity index (χ4v) is 2.92. The molecule has 33 heavy (non-hydrogen) atoms. The number of nitrogens with one attached hydrogen (secondary N) is 4. The third kappa shape index (κ3) is 9.00. The molecule has 4 atom stereocenters. The number of hydrogen-bond acceptors (Lipinski definition) is 7. The molecule has 0 fully saturated rings. The van der Waals surface area contributed by atoms with Gasteiger partial charge in [-0.3, -0.25) is 24.0 Å². The molecule has 12 nitrogen and oxygen atoms in total. The lowest BCUT2D eigenvalue weighted by atomic mass is 10.00. The van der Waals surface area contributed by atoms with E-state index in [1.165, 1.54) is 19.4 Å². The summed E-state index contributed by atoms with van der Waals surface area (Å²) < 4.78 is 0. The predicted octanol–water partition coefficient (Wildman–Crippen LogP) is -0.890. The molecule has 184 valence electrons.